The minimum Gasteiger partial charge on any atom is -0.135 e. The van der Waals surface area contributed by atoms with E-state index >= 15 is 0 Å². The van der Waals surface area contributed by atoms with Crippen molar-refractivity contribution in [1.29, 1.82) is 0 Å². The fourth-order valence-electron chi connectivity index (χ4n) is 4.26. The van der Waals surface area contributed by atoms with Crippen LogP contribution in [-0.4, -0.2) is 0 Å². The Morgan fingerprint density at radius 3 is 2.21 bits per heavy atom. The van der Waals surface area contributed by atoms with E-state index in [2.05, 4.69) is 79.7 Å². The molecule has 0 aliphatic heterocycles. The Morgan fingerprint density at radius 2 is 1.39 bits per heavy atom. The van der Waals surface area contributed by atoms with Crippen molar-refractivity contribution in [3.63, 3.8) is 0 Å². The van der Waals surface area contributed by atoms with E-state index in [9.17, 15) is 0 Å². The van der Waals surface area contributed by atoms with Crippen molar-refractivity contribution < 1.29 is 0 Å². The smallest absolute Gasteiger partial charge is 0.0513 e. The zero-order valence-corrected chi connectivity index (χ0v) is 17.5. The summed E-state index contributed by atoms with van der Waals surface area (Å²) in [4.78, 5) is 0. The number of thiophene rings is 2. The molecule has 2 aromatic heterocycles. The number of aryl methyl sites for hydroxylation is 1. The lowest BCUT2D eigenvalue weighted by atomic mass is 9.98. The summed E-state index contributed by atoms with van der Waals surface area (Å²) in [5.41, 5.74) is 3.84. The van der Waals surface area contributed by atoms with Crippen LogP contribution in [0.1, 0.15) is 5.56 Å². The maximum Gasteiger partial charge on any atom is 0.0513 e. The van der Waals surface area contributed by atoms with Gasteiger partial charge in [-0.15, -0.1) is 22.7 Å². The number of hydrogen-bond acceptors (Lipinski definition) is 2. The van der Waals surface area contributed by atoms with Gasteiger partial charge in [-0.05, 0) is 41.8 Å². The SMILES string of the molecule is Cc1cccc2sc3c(c(Cl)cc4sc5cccc(-c6ccccc6)c5c43)c12. The highest BCUT2D eigenvalue weighted by atomic mass is 35.5. The van der Waals surface area contributed by atoms with Gasteiger partial charge in [-0.2, -0.15) is 0 Å². The molecule has 6 aromatic rings. The van der Waals surface area contributed by atoms with E-state index in [-0.39, 0.29) is 0 Å². The van der Waals surface area contributed by atoms with E-state index in [1.54, 1.807) is 0 Å². The van der Waals surface area contributed by atoms with Crippen LogP contribution in [0.15, 0.2) is 72.8 Å². The lowest BCUT2D eigenvalue weighted by Gasteiger charge is -2.06. The third-order valence-electron chi connectivity index (χ3n) is 5.47. The molecule has 0 unspecified atom stereocenters. The van der Waals surface area contributed by atoms with Crippen molar-refractivity contribution in [2.45, 2.75) is 6.92 Å². The molecular weight excluding hydrogens is 400 g/mol. The molecule has 0 amide bonds. The third-order valence-corrected chi connectivity index (χ3v) is 8.05. The summed E-state index contributed by atoms with van der Waals surface area (Å²) in [5.74, 6) is 0. The van der Waals surface area contributed by atoms with Crippen molar-refractivity contribution in [2.75, 3.05) is 0 Å². The van der Waals surface area contributed by atoms with Gasteiger partial charge in [0.25, 0.3) is 0 Å². The Morgan fingerprint density at radius 1 is 0.643 bits per heavy atom. The molecule has 28 heavy (non-hydrogen) atoms. The maximum absolute atomic E-state index is 6.83. The number of fused-ring (bicyclic) bond motifs is 7. The first-order valence-electron chi connectivity index (χ1n) is 9.23. The van der Waals surface area contributed by atoms with Crippen LogP contribution in [0.4, 0.5) is 0 Å². The Bertz CT molecular complexity index is 1520. The van der Waals surface area contributed by atoms with E-state index in [1.807, 2.05) is 22.7 Å². The normalized spacial score (nSPS) is 11.9. The van der Waals surface area contributed by atoms with E-state index < -0.39 is 0 Å². The molecule has 134 valence electrons. The Kier molecular flexibility index (Phi) is 3.58. The first-order valence-corrected chi connectivity index (χ1v) is 11.2. The number of benzene rings is 4. The van der Waals surface area contributed by atoms with E-state index in [1.165, 1.54) is 57.0 Å². The van der Waals surface area contributed by atoms with Gasteiger partial charge in [-0.1, -0.05) is 66.2 Å². The molecule has 6 rings (SSSR count). The molecule has 0 aliphatic rings. The summed E-state index contributed by atoms with van der Waals surface area (Å²) in [5, 5.41) is 6.05. The van der Waals surface area contributed by atoms with Gasteiger partial charge in [0.05, 0.1) is 5.02 Å². The standard InChI is InChI=1S/C25H15ClS2/c1-14-7-5-11-18-21(14)23-17(26)13-20-24(25(23)28-18)22-16(10-6-12-19(22)27-20)15-8-3-2-4-9-15/h2-13H,1H3. The highest BCUT2D eigenvalue weighted by molar-refractivity contribution is 7.30. The largest absolute Gasteiger partial charge is 0.135 e. The van der Waals surface area contributed by atoms with E-state index in [0.29, 0.717) is 0 Å². The van der Waals surface area contributed by atoms with Crippen LogP contribution in [0.3, 0.4) is 0 Å². The average Bonchev–Trinajstić information content (AvgIpc) is 3.27. The molecule has 3 heteroatoms. The van der Waals surface area contributed by atoms with Crippen molar-refractivity contribution >= 4 is 74.6 Å². The molecule has 0 radical (unpaired) electrons. The van der Waals surface area contributed by atoms with Crippen LogP contribution in [0, 0.1) is 6.92 Å². The summed E-state index contributed by atoms with van der Waals surface area (Å²) < 4.78 is 5.19. The average molecular weight is 415 g/mol. The molecule has 0 saturated carbocycles. The van der Waals surface area contributed by atoms with Crippen molar-refractivity contribution in [3.8, 4) is 11.1 Å². The van der Waals surface area contributed by atoms with Gasteiger partial charge in [0.1, 0.15) is 0 Å². The van der Waals surface area contributed by atoms with Gasteiger partial charge in [-0.3, -0.25) is 0 Å². The van der Waals surface area contributed by atoms with Gasteiger partial charge in [-0.25, -0.2) is 0 Å². The van der Waals surface area contributed by atoms with Crippen LogP contribution >= 0.6 is 34.3 Å². The Balaban J connectivity index is 1.89. The minimum atomic E-state index is 0.857. The first kappa shape index (κ1) is 16.6. The molecule has 0 nitrogen and oxygen atoms in total. The van der Waals surface area contributed by atoms with Crippen LogP contribution in [0.25, 0.3) is 51.5 Å². The summed E-state index contributed by atoms with van der Waals surface area (Å²) in [6.45, 7) is 2.18. The monoisotopic (exact) mass is 414 g/mol. The topological polar surface area (TPSA) is 0 Å². The van der Waals surface area contributed by atoms with Crippen LogP contribution in [-0.2, 0) is 0 Å². The van der Waals surface area contributed by atoms with Gasteiger partial charge < -0.3 is 0 Å². The molecule has 0 bridgehead atoms. The maximum atomic E-state index is 6.83. The molecule has 0 saturated heterocycles. The first-order chi connectivity index (χ1) is 13.7. The number of hydrogen-bond donors (Lipinski definition) is 0. The van der Waals surface area contributed by atoms with E-state index in [4.69, 9.17) is 11.6 Å². The molecule has 0 fully saturated rings. The number of rotatable bonds is 1. The highest BCUT2D eigenvalue weighted by Crippen LogP contribution is 2.49. The predicted molar refractivity (Wildman–Crippen MR) is 127 cm³/mol. The summed E-state index contributed by atoms with van der Waals surface area (Å²) in [6.07, 6.45) is 0. The molecule has 0 spiro atoms. The summed E-state index contributed by atoms with van der Waals surface area (Å²) in [6, 6.07) is 26.0. The molecule has 0 aliphatic carbocycles. The molecule has 0 N–H and O–H groups in total. The number of halogens is 1. The zero-order valence-electron chi connectivity index (χ0n) is 15.1. The molecule has 0 atom stereocenters. The Labute approximate surface area is 175 Å². The lowest BCUT2D eigenvalue weighted by Crippen LogP contribution is -1.79. The Hall–Kier alpha value is -2.39. The molecular formula is C25H15ClS2. The summed E-state index contributed by atoms with van der Waals surface area (Å²) in [7, 11) is 0. The lowest BCUT2D eigenvalue weighted by molar-refractivity contribution is 1.55. The second-order valence-corrected chi connectivity index (χ2v) is 9.68. The minimum absolute atomic E-state index is 0.857. The van der Waals surface area contributed by atoms with Crippen LogP contribution < -0.4 is 0 Å². The molecule has 2 heterocycles. The van der Waals surface area contributed by atoms with Gasteiger partial charge >= 0.3 is 0 Å². The van der Waals surface area contributed by atoms with Crippen molar-refractivity contribution in [3.05, 3.63) is 83.4 Å². The van der Waals surface area contributed by atoms with Gasteiger partial charge in [0, 0.05) is 40.3 Å². The highest BCUT2D eigenvalue weighted by Gasteiger charge is 2.19. The van der Waals surface area contributed by atoms with Crippen molar-refractivity contribution in [2.24, 2.45) is 0 Å². The van der Waals surface area contributed by atoms with Crippen molar-refractivity contribution in [1.82, 2.24) is 0 Å². The van der Waals surface area contributed by atoms with E-state index in [0.717, 1.165) is 5.02 Å². The second kappa shape index (κ2) is 6.05. The second-order valence-electron chi connectivity index (χ2n) is 7.13. The fraction of sp³-hybridized carbons (Fsp3) is 0.0400. The quantitative estimate of drug-likeness (QED) is 0.251. The summed E-state index contributed by atoms with van der Waals surface area (Å²) >= 11 is 10.5. The van der Waals surface area contributed by atoms with Crippen LogP contribution in [0.5, 0.6) is 0 Å². The van der Waals surface area contributed by atoms with Gasteiger partial charge in [0.15, 0.2) is 0 Å². The zero-order chi connectivity index (χ0) is 18.8. The van der Waals surface area contributed by atoms with Gasteiger partial charge in [0.2, 0.25) is 0 Å². The predicted octanol–water partition coefficient (Wildman–Crippen LogP) is 9.05. The third kappa shape index (κ3) is 2.23. The fourth-order valence-corrected chi connectivity index (χ4v) is 7.29. The molecule has 4 aromatic carbocycles. The van der Waals surface area contributed by atoms with Crippen LogP contribution in [0.2, 0.25) is 5.02 Å².